The van der Waals surface area contributed by atoms with Gasteiger partial charge in [0.2, 0.25) is 0 Å². The fraction of sp³-hybridized carbons (Fsp3) is 0.444. The number of amides is 1. The van der Waals surface area contributed by atoms with Crippen molar-refractivity contribution in [3.63, 3.8) is 0 Å². The van der Waals surface area contributed by atoms with E-state index in [2.05, 4.69) is 33.1 Å². The fourth-order valence-electron chi connectivity index (χ4n) is 3.48. The minimum atomic E-state index is -0.900. The van der Waals surface area contributed by atoms with Crippen LogP contribution in [-0.4, -0.2) is 42.0 Å². The molecular weight excluding hydrogens is 391 g/mol. The first-order valence-electron chi connectivity index (χ1n) is 8.30. The quantitative estimate of drug-likeness (QED) is 0.776. The van der Waals surface area contributed by atoms with Gasteiger partial charge in [0.15, 0.2) is 0 Å². The zero-order chi connectivity index (χ0) is 18.2. The van der Waals surface area contributed by atoms with Crippen LogP contribution in [0.4, 0.5) is 10.1 Å². The first-order valence-corrected chi connectivity index (χ1v) is 9.09. The Labute approximate surface area is 154 Å². The van der Waals surface area contributed by atoms with Crippen molar-refractivity contribution in [1.29, 1.82) is 0 Å². The molecule has 0 unspecified atom stereocenters. The summed E-state index contributed by atoms with van der Waals surface area (Å²) in [6.45, 7) is 6.08. The SMILES string of the molecule is CCN1CCC2(CC1)OC(=O)C(C)=C2C(=O)Nc1ccc(Br)cc1F. The Morgan fingerprint density at radius 3 is 2.68 bits per heavy atom. The molecule has 3 rings (SSSR count). The summed E-state index contributed by atoms with van der Waals surface area (Å²) < 4.78 is 20.2. The van der Waals surface area contributed by atoms with E-state index in [0.29, 0.717) is 28.5 Å². The molecule has 1 aromatic carbocycles. The maximum absolute atomic E-state index is 14.0. The van der Waals surface area contributed by atoms with E-state index in [1.165, 1.54) is 12.1 Å². The van der Waals surface area contributed by atoms with Gasteiger partial charge in [0.05, 0.1) is 11.3 Å². The molecule has 0 aliphatic carbocycles. The molecule has 0 atom stereocenters. The van der Waals surface area contributed by atoms with E-state index in [1.807, 2.05) is 0 Å². The van der Waals surface area contributed by atoms with E-state index >= 15 is 0 Å². The van der Waals surface area contributed by atoms with Gasteiger partial charge in [-0.05, 0) is 31.7 Å². The summed E-state index contributed by atoms with van der Waals surface area (Å²) in [6, 6.07) is 4.41. The van der Waals surface area contributed by atoms with Gasteiger partial charge in [-0.25, -0.2) is 9.18 Å². The highest BCUT2D eigenvalue weighted by Crippen LogP contribution is 2.41. The number of rotatable bonds is 3. The van der Waals surface area contributed by atoms with Crippen LogP contribution in [0, 0.1) is 5.82 Å². The molecule has 0 saturated carbocycles. The highest BCUT2D eigenvalue weighted by atomic mass is 79.9. The lowest BCUT2D eigenvalue weighted by Gasteiger charge is -2.39. The maximum atomic E-state index is 14.0. The monoisotopic (exact) mass is 410 g/mol. The lowest BCUT2D eigenvalue weighted by Crippen LogP contribution is -2.47. The summed E-state index contributed by atoms with van der Waals surface area (Å²) in [4.78, 5) is 27.2. The Morgan fingerprint density at radius 1 is 1.40 bits per heavy atom. The van der Waals surface area contributed by atoms with E-state index in [4.69, 9.17) is 4.74 Å². The zero-order valence-electron chi connectivity index (χ0n) is 14.2. The van der Waals surface area contributed by atoms with Crippen molar-refractivity contribution in [3.8, 4) is 0 Å². The van der Waals surface area contributed by atoms with Crippen molar-refractivity contribution in [1.82, 2.24) is 4.90 Å². The van der Waals surface area contributed by atoms with Crippen molar-refractivity contribution in [2.75, 3.05) is 25.0 Å². The van der Waals surface area contributed by atoms with Gasteiger partial charge in [0, 0.05) is 36.0 Å². The number of likely N-dealkylation sites (tertiary alicyclic amines) is 1. The van der Waals surface area contributed by atoms with Gasteiger partial charge >= 0.3 is 5.97 Å². The number of benzene rings is 1. The second-order valence-corrected chi connectivity index (χ2v) is 7.31. The van der Waals surface area contributed by atoms with Gasteiger partial charge in [0.25, 0.3) is 5.91 Å². The number of hydrogen-bond acceptors (Lipinski definition) is 4. The van der Waals surface area contributed by atoms with Crippen LogP contribution >= 0.6 is 15.9 Å². The average Bonchev–Trinajstić information content (AvgIpc) is 2.81. The van der Waals surface area contributed by atoms with Gasteiger partial charge in [0.1, 0.15) is 11.4 Å². The second-order valence-electron chi connectivity index (χ2n) is 6.40. The van der Waals surface area contributed by atoms with E-state index in [9.17, 15) is 14.0 Å². The lowest BCUT2D eigenvalue weighted by molar-refractivity contribution is -0.150. The number of halogens is 2. The molecule has 7 heteroatoms. The molecule has 1 N–H and O–H groups in total. The summed E-state index contributed by atoms with van der Waals surface area (Å²) in [5, 5.41) is 2.59. The average molecular weight is 411 g/mol. The van der Waals surface area contributed by atoms with E-state index in [1.54, 1.807) is 13.0 Å². The number of carbonyl (C=O) groups is 2. The lowest BCUT2D eigenvalue weighted by atomic mass is 9.82. The summed E-state index contributed by atoms with van der Waals surface area (Å²) in [7, 11) is 0. The fourth-order valence-corrected chi connectivity index (χ4v) is 3.82. The van der Waals surface area contributed by atoms with Crippen LogP contribution in [0.25, 0.3) is 0 Å². The number of piperidine rings is 1. The third-order valence-corrected chi connectivity index (χ3v) is 5.44. The molecule has 134 valence electrons. The smallest absolute Gasteiger partial charge is 0.335 e. The molecule has 0 radical (unpaired) electrons. The molecule has 2 aliphatic heterocycles. The molecule has 1 fully saturated rings. The molecule has 0 aromatic heterocycles. The molecule has 0 bridgehead atoms. The molecule has 1 aromatic rings. The standard InChI is InChI=1S/C18H20BrFN2O3/c1-3-22-8-6-18(7-9-22)15(11(2)17(24)25-18)16(23)21-14-5-4-12(19)10-13(14)20/h4-5,10H,3,6-9H2,1-2H3,(H,21,23). The number of nitrogens with one attached hydrogen (secondary N) is 1. The van der Waals surface area contributed by atoms with Crippen LogP contribution in [-0.2, 0) is 14.3 Å². The van der Waals surface area contributed by atoms with Gasteiger partial charge in [-0.15, -0.1) is 0 Å². The van der Waals surface area contributed by atoms with Crippen molar-refractivity contribution in [3.05, 3.63) is 39.6 Å². The van der Waals surface area contributed by atoms with E-state index < -0.39 is 23.3 Å². The topological polar surface area (TPSA) is 58.6 Å². The largest absolute Gasteiger partial charge is 0.450 e. The Kier molecular flexibility index (Phi) is 4.97. The van der Waals surface area contributed by atoms with Gasteiger partial charge in [-0.2, -0.15) is 0 Å². The number of hydrogen-bond donors (Lipinski definition) is 1. The number of carbonyl (C=O) groups excluding carboxylic acids is 2. The van der Waals surface area contributed by atoms with Crippen LogP contribution in [0.2, 0.25) is 0 Å². The molecular formula is C18H20BrFN2O3. The van der Waals surface area contributed by atoms with Crippen molar-refractivity contribution in [2.45, 2.75) is 32.3 Å². The van der Waals surface area contributed by atoms with Crippen molar-refractivity contribution >= 4 is 33.5 Å². The number of nitrogens with zero attached hydrogens (tertiary/aromatic N) is 1. The highest BCUT2D eigenvalue weighted by molar-refractivity contribution is 9.10. The molecule has 1 spiro atoms. The van der Waals surface area contributed by atoms with Crippen LogP contribution in [0.15, 0.2) is 33.8 Å². The summed E-state index contributed by atoms with van der Waals surface area (Å²) >= 11 is 3.18. The Bertz CT molecular complexity index is 755. The second kappa shape index (κ2) is 6.88. The number of anilines is 1. The third kappa shape index (κ3) is 3.35. The first kappa shape index (κ1) is 18.1. The molecule has 1 saturated heterocycles. The van der Waals surface area contributed by atoms with Crippen LogP contribution in [0.1, 0.15) is 26.7 Å². The molecule has 2 heterocycles. The van der Waals surface area contributed by atoms with E-state index in [0.717, 1.165) is 19.6 Å². The van der Waals surface area contributed by atoms with Gasteiger partial charge < -0.3 is 15.0 Å². The van der Waals surface area contributed by atoms with Gasteiger partial charge in [-0.1, -0.05) is 22.9 Å². The predicted molar refractivity (Wildman–Crippen MR) is 95.6 cm³/mol. The number of esters is 1. The summed E-state index contributed by atoms with van der Waals surface area (Å²) in [6.07, 6.45) is 1.13. The minimum absolute atomic E-state index is 0.0778. The summed E-state index contributed by atoms with van der Waals surface area (Å²) in [5.41, 5.74) is -0.188. The van der Waals surface area contributed by atoms with Crippen molar-refractivity contribution in [2.24, 2.45) is 0 Å². The Balaban J connectivity index is 1.87. The molecule has 1 amide bonds. The maximum Gasteiger partial charge on any atom is 0.335 e. The first-order chi connectivity index (χ1) is 11.9. The summed E-state index contributed by atoms with van der Waals surface area (Å²) in [5.74, 6) is -1.48. The predicted octanol–water partition coefficient (Wildman–Crippen LogP) is 3.25. The van der Waals surface area contributed by atoms with Crippen LogP contribution in [0.5, 0.6) is 0 Å². The van der Waals surface area contributed by atoms with Crippen molar-refractivity contribution < 1.29 is 18.7 Å². The van der Waals surface area contributed by atoms with Gasteiger partial charge in [-0.3, -0.25) is 4.79 Å². The molecule has 5 nitrogen and oxygen atoms in total. The normalized spacial score (nSPS) is 20.1. The third-order valence-electron chi connectivity index (χ3n) is 4.94. The molecule has 2 aliphatic rings. The molecule has 25 heavy (non-hydrogen) atoms. The zero-order valence-corrected chi connectivity index (χ0v) is 15.8. The van der Waals surface area contributed by atoms with E-state index in [-0.39, 0.29) is 5.69 Å². The Hall–Kier alpha value is -1.73. The number of ether oxygens (including phenoxy) is 1. The van der Waals surface area contributed by atoms with Crippen LogP contribution < -0.4 is 5.32 Å². The minimum Gasteiger partial charge on any atom is -0.450 e. The Morgan fingerprint density at radius 2 is 2.08 bits per heavy atom. The highest BCUT2D eigenvalue weighted by Gasteiger charge is 2.50. The van der Waals surface area contributed by atoms with Crippen LogP contribution in [0.3, 0.4) is 0 Å².